The van der Waals surface area contributed by atoms with Crippen molar-refractivity contribution in [3.05, 3.63) is 0 Å². The van der Waals surface area contributed by atoms with Crippen molar-refractivity contribution in [2.24, 2.45) is 23.0 Å². The summed E-state index contributed by atoms with van der Waals surface area (Å²) in [5.41, 5.74) is 6.49. The van der Waals surface area contributed by atoms with E-state index in [9.17, 15) is 0 Å². The van der Waals surface area contributed by atoms with Crippen LogP contribution < -0.4 is 5.73 Å². The van der Waals surface area contributed by atoms with E-state index < -0.39 is 0 Å². The molecule has 2 fully saturated rings. The molecular formula is C12H23N. The molecule has 0 spiro atoms. The van der Waals surface area contributed by atoms with Gasteiger partial charge in [-0.05, 0) is 23.7 Å². The van der Waals surface area contributed by atoms with Crippen LogP contribution in [0.15, 0.2) is 0 Å². The molecule has 2 aliphatic rings. The van der Waals surface area contributed by atoms with Gasteiger partial charge in [0, 0.05) is 6.04 Å². The Morgan fingerprint density at radius 1 is 1.15 bits per heavy atom. The standard InChI is InChI=1S/C12H23N/c1-12(2)10(11(12)13)8-7-9-5-3-4-6-9/h9-11H,3-8,13H2,1-2H3/t10-,11-/m1/s1. The van der Waals surface area contributed by atoms with Gasteiger partial charge in [0.15, 0.2) is 0 Å². The average Bonchev–Trinajstić information content (AvgIpc) is 2.57. The lowest BCUT2D eigenvalue weighted by Gasteiger charge is -2.08. The lowest BCUT2D eigenvalue weighted by Crippen LogP contribution is -2.06. The molecule has 0 unspecified atom stereocenters. The van der Waals surface area contributed by atoms with Crippen LogP contribution in [0, 0.1) is 17.3 Å². The largest absolute Gasteiger partial charge is 0.327 e. The summed E-state index contributed by atoms with van der Waals surface area (Å²) in [6.45, 7) is 4.63. The van der Waals surface area contributed by atoms with Gasteiger partial charge in [-0.15, -0.1) is 0 Å². The van der Waals surface area contributed by atoms with Crippen molar-refractivity contribution in [3.63, 3.8) is 0 Å². The Hall–Kier alpha value is -0.0400. The lowest BCUT2D eigenvalue weighted by molar-refractivity contribution is 0.432. The molecule has 2 atom stereocenters. The van der Waals surface area contributed by atoms with Crippen LogP contribution in [0.2, 0.25) is 0 Å². The molecule has 2 rings (SSSR count). The molecule has 0 amide bonds. The minimum absolute atomic E-state index is 0.457. The predicted molar refractivity (Wildman–Crippen MR) is 56.4 cm³/mol. The van der Waals surface area contributed by atoms with Gasteiger partial charge in [-0.2, -0.15) is 0 Å². The Bertz CT molecular complexity index is 180. The number of rotatable bonds is 3. The molecule has 76 valence electrons. The predicted octanol–water partition coefficient (Wildman–Crippen LogP) is 2.94. The van der Waals surface area contributed by atoms with Gasteiger partial charge in [0.25, 0.3) is 0 Å². The first-order valence-corrected chi connectivity index (χ1v) is 5.88. The maximum absolute atomic E-state index is 6.03. The summed E-state index contributed by atoms with van der Waals surface area (Å²) in [6, 6.07) is 0.494. The maximum atomic E-state index is 6.03. The first kappa shape index (κ1) is 9.51. The fourth-order valence-electron chi connectivity index (χ4n) is 3.05. The second-order valence-electron chi connectivity index (χ2n) is 5.68. The highest BCUT2D eigenvalue weighted by Crippen LogP contribution is 2.53. The zero-order valence-electron chi connectivity index (χ0n) is 9.05. The molecule has 0 saturated heterocycles. The number of hydrogen-bond acceptors (Lipinski definition) is 1. The number of nitrogens with two attached hydrogens (primary N) is 1. The Balaban J connectivity index is 1.69. The third kappa shape index (κ3) is 1.76. The smallest absolute Gasteiger partial charge is 0.0128 e. The van der Waals surface area contributed by atoms with Crippen LogP contribution in [0.1, 0.15) is 52.4 Å². The molecule has 2 saturated carbocycles. The normalized spacial score (nSPS) is 38.1. The maximum Gasteiger partial charge on any atom is 0.0128 e. The summed E-state index contributed by atoms with van der Waals surface area (Å²) < 4.78 is 0. The van der Waals surface area contributed by atoms with Crippen molar-refractivity contribution in [1.82, 2.24) is 0 Å². The zero-order valence-corrected chi connectivity index (χ0v) is 9.05. The fourth-order valence-corrected chi connectivity index (χ4v) is 3.05. The third-order valence-corrected chi connectivity index (χ3v) is 4.50. The quantitative estimate of drug-likeness (QED) is 0.711. The van der Waals surface area contributed by atoms with Gasteiger partial charge in [0.2, 0.25) is 0 Å². The van der Waals surface area contributed by atoms with Gasteiger partial charge in [-0.3, -0.25) is 0 Å². The SMILES string of the molecule is CC1(C)[C@H](N)[C@H]1CCC1CCCC1. The van der Waals surface area contributed by atoms with Crippen molar-refractivity contribution in [1.29, 1.82) is 0 Å². The van der Waals surface area contributed by atoms with E-state index in [0.717, 1.165) is 11.8 Å². The highest BCUT2D eigenvalue weighted by Gasteiger charge is 2.54. The van der Waals surface area contributed by atoms with Crippen LogP contribution >= 0.6 is 0 Å². The number of hydrogen-bond donors (Lipinski definition) is 1. The van der Waals surface area contributed by atoms with Crippen molar-refractivity contribution in [2.45, 2.75) is 58.4 Å². The summed E-state index contributed by atoms with van der Waals surface area (Å²) in [4.78, 5) is 0. The molecule has 0 aromatic carbocycles. The van der Waals surface area contributed by atoms with E-state index in [4.69, 9.17) is 5.73 Å². The van der Waals surface area contributed by atoms with E-state index in [1.165, 1.54) is 38.5 Å². The Morgan fingerprint density at radius 3 is 2.15 bits per heavy atom. The van der Waals surface area contributed by atoms with Gasteiger partial charge in [0.1, 0.15) is 0 Å². The molecule has 0 aromatic heterocycles. The van der Waals surface area contributed by atoms with Gasteiger partial charge in [0.05, 0.1) is 0 Å². The molecule has 0 aromatic rings. The van der Waals surface area contributed by atoms with Crippen LogP contribution in [-0.2, 0) is 0 Å². The molecule has 0 radical (unpaired) electrons. The van der Waals surface area contributed by atoms with Crippen molar-refractivity contribution >= 4 is 0 Å². The monoisotopic (exact) mass is 181 g/mol. The van der Waals surface area contributed by atoms with Gasteiger partial charge >= 0.3 is 0 Å². The molecule has 2 aliphatic carbocycles. The topological polar surface area (TPSA) is 26.0 Å². The van der Waals surface area contributed by atoms with Gasteiger partial charge in [-0.1, -0.05) is 46.0 Å². The van der Waals surface area contributed by atoms with Crippen molar-refractivity contribution in [3.8, 4) is 0 Å². The van der Waals surface area contributed by atoms with Crippen molar-refractivity contribution < 1.29 is 0 Å². The average molecular weight is 181 g/mol. The zero-order chi connectivity index (χ0) is 9.47. The highest BCUT2D eigenvalue weighted by atomic mass is 14.8. The van der Waals surface area contributed by atoms with Crippen molar-refractivity contribution in [2.75, 3.05) is 0 Å². The van der Waals surface area contributed by atoms with Crippen LogP contribution in [0.25, 0.3) is 0 Å². The van der Waals surface area contributed by atoms with Crippen LogP contribution in [-0.4, -0.2) is 6.04 Å². The molecule has 1 heteroatoms. The summed E-state index contributed by atoms with van der Waals surface area (Å²) >= 11 is 0. The summed E-state index contributed by atoms with van der Waals surface area (Å²) in [5.74, 6) is 1.87. The second-order valence-corrected chi connectivity index (χ2v) is 5.68. The minimum atomic E-state index is 0.457. The summed E-state index contributed by atoms with van der Waals surface area (Å²) in [6.07, 6.45) is 8.76. The lowest BCUT2D eigenvalue weighted by atomic mass is 9.97. The summed E-state index contributed by atoms with van der Waals surface area (Å²) in [5, 5.41) is 0. The van der Waals surface area contributed by atoms with Crippen LogP contribution in [0.5, 0.6) is 0 Å². The van der Waals surface area contributed by atoms with Crippen LogP contribution in [0.4, 0.5) is 0 Å². The Morgan fingerprint density at radius 2 is 1.69 bits per heavy atom. The fraction of sp³-hybridized carbons (Fsp3) is 1.00. The molecule has 2 N–H and O–H groups in total. The van der Waals surface area contributed by atoms with E-state index in [0.29, 0.717) is 11.5 Å². The molecule has 0 bridgehead atoms. The molecule has 1 nitrogen and oxygen atoms in total. The van der Waals surface area contributed by atoms with Gasteiger partial charge < -0.3 is 5.73 Å². The van der Waals surface area contributed by atoms with E-state index >= 15 is 0 Å². The van der Waals surface area contributed by atoms with Gasteiger partial charge in [-0.25, -0.2) is 0 Å². The molecule has 0 heterocycles. The Labute approximate surface area is 82.1 Å². The molecular weight excluding hydrogens is 158 g/mol. The first-order valence-electron chi connectivity index (χ1n) is 5.88. The van der Waals surface area contributed by atoms with E-state index in [2.05, 4.69) is 13.8 Å². The molecule has 13 heavy (non-hydrogen) atoms. The minimum Gasteiger partial charge on any atom is -0.327 e. The third-order valence-electron chi connectivity index (χ3n) is 4.50. The Kier molecular flexibility index (Phi) is 2.39. The second kappa shape index (κ2) is 3.27. The molecule has 0 aliphatic heterocycles. The first-order chi connectivity index (χ1) is 6.12. The van der Waals surface area contributed by atoms with E-state index in [-0.39, 0.29) is 0 Å². The van der Waals surface area contributed by atoms with Crippen LogP contribution in [0.3, 0.4) is 0 Å². The van der Waals surface area contributed by atoms with E-state index in [1.807, 2.05) is 0 Å². The summed E-state index contributed by atoms with van der Waals surface area (Å²) in [7, 11) is 0. The van der Waals surface area contributed by atoms with E-state index in [1.54, 1.807) is 0 Å². The highest BCUT2D eigenvalue weighted by molar-refractivity contribution is 5.08.